The van der Waals surface area contributed by atoms with E-state index in [4.69, 9.17) is 11.6 Å². The molecule has 2 aromatic rings. The molecule has 0 aromatic heterocycles. The summed E-state index contributed by atoms with van der Waals surface area (Å²) in [4.78, 5) is 0.796. The van der Waals surface area contributed by atoms with E-state index in [1.165, 1.54) is 0 Å². The summed E-state index contributed by atoms with van der Waals surface area (Å²) >= 11 is 4.82. The first-order valence-electron chi connectivity index (χ1n) is 4.78. The van der Waals surface area contributed by atoms with Crippen LogP contribution in [0.4, 0.5) is 0 Å². The van der Waals surface area contributed by atoms with Gasteiger partial charge in [0.2, 0.25) is 0 Å². The zero-order chi connectivity index (χ0) is 11.5. The molecule has 0 aliphatic carbocycles. The van der Waals surface area contributed by atoms with Gasteiger partial charge in [-0.1, -0.05) is 35.9 Å². The maximum absolute atomic E-state index is 11.6. The van der Waals surface area contributed by atoms with E-state index in [0.29, 0.717) is 5.02 Å². The molecule has 0 amide bonds. The molecule has 0 saturated carbocycles. The summed E-state index contributed by atoms with van der Waals surface area (Å²) in [5, 5.41) is 0.693. The average Bonchev–Trinajstić information content (AvgIpc) is 2.30. The first kappa shape index (κ1) is 11.5. The zero-order valence-electron chi connectivity index (χ0n) is 8.74. The van der Waals surface area contributed by atoms with Crippen molar-refractivity contribution in [1.82, 2.24) is 0 Å². The predicted molar refractivity (Wildman–Crippen MR) is 68.1 cm³/mol. The molecule has 0 aliphatic rings. The van der Waals surface area contributed by atoms with E-state index < -0.39 is 11.2 Å². The lowest BCUT2D eigenvalue weighted by atomic mass is 10.1. The van der Waals surface area contributed by atoms with E-state index in [-0.39, 0.29) is 0 Å². The molecule has 0 bridgehead atoms. The Hall–Kier alpha value is -0.960. The second-order valence-electron chi connectivity index (χ2n) is 3.37. The number of rotatable bonds is 2. The fourth-order valence-corrected chi connectivity index (χ4v) is 2.36. The van der Waals surface area contributed by atoms with Crippen molar-refractivity contribution in [1.29, 1.82) is 0 Å². The van der Waals surface area contributed by atoms with Crippen molar-refractivity contribution in [3.8, 4) is 11.1 Å². The first-order valence-corrected chi connectivity index (χ1v) is 6.72. The van der Waals surface area contributed by atoms with E-state index in [9.17, 15) is 4.55 Å². The summed E-state index contributed by atoms with van der Waals surface area (Å²) in [6.07, 6.45) is 1.67. The standard InChI is InChI=1S/C13H10ClOS/c1-16(15)13-5-3-2-4-12(13)10-6-8-11(14)9-7-10/h2-3,5-9H,1H3. The maximum Gasteiger partial charge on any atom is 0.160 e. The van der Waals surface area contributed by atoms with Crippen LogP contribution in [-0.4, -0.2) is 10.8 Å². The van der Waals surface area contributed by atoms with Gasteiger partial charge in [0.25, 0.3) is 0 Å². The van der Waals surface area contributed by atoms with Gasteiger partial charge in [-0.2, -0.15) is 0 Å². The number of hydrogen-bond acceptors (Lipinski definition) is 1. The topological polar surface area (TPSA) is 23.1 Å². The van der Waals surface area contributed by atoms with Crippen molar-refractivity contribution < 1.29 is 4.55 Å². The van der Waals surface area contributed by atoms with Crippen molar-refractivity contribution >= 4 is 22.8 Å². The molecular weight excluding hydrogens is 240 g/mol. The lowest BCUT2D eigenvalue weighted by Gasteiger charge is -2.09. The van der Waals surface area contributed by atoms with Crippen LogP contribution in [0, 0.1) is 6.07 Å². The van der Waals surface area contributed by atoms with Gasteiger partial charge in [0.1, 0.15) is 6.26 Å². The SMILES string of the molecule is C[S+]([O-])c1ccc[c]c1-c1ccc(Cl)cc1. The molecule has 2 rings (SSSR count). The average molecular weight is 250 g/mol. The summed E-state index contributed by atoms with van der Waals surface area (Å²) in [7, 11) is 0. The van der Waals surface area contributed by atoms with Gasteiger partial charge in [0.05, 0.1) is 0 Å². The van der Waals surface area contributed by atoms with Gasteiger partial charge in [0.15, 0.2) is 4.90 Å². The monoisotopic (exact) mass is 249 g/mol. The van der Waals surface area contributed by atoms with Gasteiger partial charge in [-0.15, -0.1) is 0 Å². The molecule has 1 unspecified atom stereocenters. The highest BCUT2D eigenvalue weighted by molar-refractivity contribution is 7.90. The Morgan fingerprint density at radius 2 is 1.88 bits per heavy atom. The summed E-state index contributed by atoms with van der Waals surface area (Å²) in [5.74, 6) is 0. The van der Waals surface area contributed by atoms with Crippen LogP contribution in [0.25, 0.3) is 11.1 Å². The third kappa shape index (κ3) is 2.40. The molecule has 2 aromatic carbocycles. The van der Waals surface area contributed by atoms with Crippen molar-refractivity contribution in [3.63, 3.8) is 0 Å². The normalized spacial score (nSPS) is 12.4. The Kier molecular flexibility index (Phi) is 3.54. The predicted octanol–water partition coefficient (Wildman–Crippen LogP) is 3.54. The van der Waals surface area contributed by atoms with Crippen molar-refractivity contribution in [2.24, 2.45) is 0 Å². The maximum atomic E-state index is 11.6. The molecule has 0 aliphatic heterocycles. The number of benzene rings is 2. The number of hydrogen-bond donors (Lipinski definition) is 0. The molecule has 0 heterocycles. The smallest absolute Gasteiger partial charge is 0.160 e. The Morgan fingerprint density at radius 1 is 1.19 bits per heavy atom. The quantitative estimate of drug-likeness (QED) is 0.747. The minimum atomic E-state index is -1.01. The Labute approximate surface area is 103 Å². The van der Waals surface area contributed by atoms with E-state index in [0.717, 1.165) is 16.0 Å². The van der Waals surface area contributed by atoms with Crippen LogP contribution in [0.1, 0.15) is 0 Å². The highest BCUT2D eigenvalue weighted by atomic mass is 35.5. The molecule has 0 N–H and O–H groups in total. The summed E-state index contributed by atoms with van der Waals surface area (Å²) in [6, 6.07) is 16.1. The lowest BCUT2D eigenvalue weighted by Crippen LogP contribution is -1.99. The molecule has 3 heteroatoms. The van der Waals surface area contributed by atoms with Crippen LogP contribution >= 0.6 is 11.6 Å². The molecule has 1 atom stereocenters. The van der Waals surface area contributed by atoms with Gasteiger partial charge >= 0.3 is 0 Å². The minimum Gasteiger partial charge on any atom is -0.612 e. The molecule has 16 heavy (non-hydrogen) atoms. The molecule has 0 fully saturated rings. The number of halogens is 1. The Bertz CT molecular complexity index is 480. The van der Waals surface area contributed by atoms with Gasteiger partial charge in [-0.25, -0.2) is 0 Å². The second kappa shape index (κ2) is 4.91. The Balaban J connectivity index is 2.51. The highest BCUT2D eigenvalue weighted by Gasteiger charge is 2.12. The van der Waals surface area contributed by atoms with Gasteiger partial charge in [-0.05, 0) is 41.0 Å². The van der Waals surface area contributed by atoms with Crippen molar-refractivity contribution in [3.05, 3.63) is 53.6 Å². The fraction of sp³-hybridized carbons (Fsp3) is 0.0769. The van der Waals surface area contributed by atoms with E-state index in [1.807, 2.05) is 42.5 Å². The second-order valence-corrected chi connectivity index (χ2v) is 5.15. The van der Waals surface area contributed by atoms with E-state index in [1.54, 1.807) is 6.26 Å². The summed E-state index contributed by atoms with van der Waals surface area (Å²) in [5.41, 5.74) is 1.86. The fourth-order valence-electron chi connectivity index (χ4n) is 1.50. The zero-order valence-corrected chi connectivity index (χ0v) is 10.3. The lowest BCUT2D eigenvalue weighted by molar-refractivity contribution is 0.601. The van der Waals surface area contributed by atoms with Gasteiger partial charge < -0.3 is 4.55 Å². The van der Waals surface area contributed by atoms with Crippen molar-refractivity contribution in [2.75, 3.05) is 6.26 Å². The van der Waals surface area contributed by atoms with Crippen LogP contribution in [0.3, 0.4) is 0 Å². The summed E-state index contributed by atoms with van der Waals surface area (Å²) < 4.78 is 11.6. The molecule has 0 saturated heterocycles. The molecule has 1 nitrogen and oxygen atoms in total. The largest absolute Gasteiger partial charge is 0.612 e. The van der Waals surface area contributed by atoms with Gasteiger partial charge in [0, 0.05) is 10.6 Å². The first-order chi connectivity index (χ1) is 7.68. The van der Waals surface area contributed by atoms with Crippen LogP contribution in [0.15, 0.2) is 47.4 Å². The third-order valence-electron chi connectivity index (χ3n) is 2.26. The van der Waals surface area contributed by atoms with E-state index in [2.05, 4.69) is 6.07 Å². The highest BCUT2D eigenvalue weighted by Crippen LogP contribution is 2.27. The molecule has 1 radical (unpaired) electrons. The molecular formula is C13H10ClOS. The van der Waals surface area contributed by atoms with Crippen LogP contribution in [0.5, 0.6) is 0 Å². The van der Waals surface area contributed by atoms with Gasteiger partial charge in [-0.3, -0.25) is 0 Å². The summed E-state index contributed by atoms with van der Waals surface area (Å²) in [6.45, 7) is 0. The van der Waals surface area contributed by atoms with Crippen LogP contribution < -0.4 is 0 Å². The third-order valence-corrected chi connectivity index (χ3v) is 3.47. The van der Waals surface area contributed by atoms with E-state index >= 15 is 0 Å². The Morgan fingerprint density at radius 3 is 2.50 bits per heavy atom. The van der Waals surface area contributed by atoms with Crippen molar-refractivity contribution in [2.45, 2.75) is 4.90 Å². The molecule has 0 spiro atoms. The van der Waals surface area contributed by atoms with Crippen LogP contribution in [-0.2, 0) is 11.2 Å². The minimum absolute atomic E-state index is 0.693. The van der Waals surface area contributed by atoms with Crippen LogP contribution in [0.2, 0.25) is 5.02 Å². The molecule has 81 valence electrons.